The van der Waals surface area contributed by atoms with Crippen LogP contribution in [0, 0.1) is 0 Å². The van der Waals surface area contributed by atoms with Crippen molar-refractivity contribution >= 4 is 7.28 Å². The average molecular weight is 152 g/mol. The van der Waals surface area contributed by atoms with Crippen molar-refractivity contribution in [1.82, 2.24) is 0 Å². The molecule has 2 aliphatic rings. The molecule has 1 heteroatoms. The monoisotopic (exact) mass is 152 g/mol. The molecule has 0 atom stereocenters. The van der Waals surface area contributed by atoms with Crippen molar-refractivity contribution in [3.63, 3.8) is 0 Å². The van der Waals surface area contributed by atoms with Gasteiger partial charge in [-0.15, -0.1) is 0 Å². The molecule has 0 N–H and O–H groups in total. The minimum Gasteiger partial charge on any atom is -0.0655 e. The topological polar surface area (TPSA) is 0 Å². The Morgan fingerprint density at radius 3 is 2.45 bits per heavy atom. The molecule has 0 spiro atoms. The Balaban J connectivity index is 0.000000720. The van der Waals surface area contributed by atoms with Crippen molar-refractivity contribution in [3.8, 4) is 0 Å². The SMILES string of the molecule is CCC12BC(CCC1)CCC2.[HH]. The minimum absolute atomic E-state index is 0. The number of rotatable bonds is 1. The Morgan fingerprint density at radius 1 is 1.36 bits per heavy atom. The Bertz CT molecular complexity index is 137. The Kier molecular flexibility index (Phi) is 1.99. The zero-order valence-electron chi connectivity index (χ0n) is 7.73. The first-order valence-electron chi connectivity index (χ1n) is 5.35. The summed E-state index contributed by atoms with van der Waals surface area (Å²) in [6.45, 7) is 2.40. The van der Waals surface area contributed by atoms with Gasteiger partial charge in [-0.2, -0.15) is 0 Å². The highest BCUT2D eigenvalue weighted by Gasteiger charge is 2.38. The third kappa shape index (κ3) is 1.34. The maximum Gasteiger partial charge on any atom is 0.131 e. The van der Waals surface area contributed by atoms with Gasteiger partial charge in [0.25, 0.3) is 0 Å². The summed E-state index contributed by atoms with van der Waals surface area (Å²) in [5.74, 6) is 1.12. The van der Waals surface area contributed by atoms with E-state index < -0.39 is 0 Å². The van der Waals surface area contributed by atoms with E-state index in [1.54, 1.807) is 33.0 Å². The van der Waals surface area contributed by atoms with Gasteiger partial charge in [-0.25, -0.2) is 0 Å². The molecule has 2 saturated heterocycles. The van der Waals surface area contributed by atoms with Crippen molar-refractivity contribution in [1.29, 1.82) is 0 Å². The van der Waals surface area contributed by atoms with E-state index in [4.69, 9.17) is 0 Å². The lowest BCUT2D eigenvalue weighted by Crippen LogP contribution is -2.31. The highest BCUT2D eigenvalue weighted by molar-refractivity contribution is 6.42. The fourth-order valence-corrected chi connectivity index (χ4v) is 3.32. The van der Waals surface area contributed by atoms with Crippen molar-refractivity contribution in [2.24, 2.45) is 0 Å². The van der Waals surface area contributed by atoms with E-state index in [2.05, 4.69) is 6.92 Å². The molecule has 0 aliphatic carbocycles. The zero-order chi connectivity index (χ0) is 7.73. The Hall–Kier alpha value is 0.0649. The third-order valence-electron chi connectivity index (χ3n) is 4.11. The van der Waals surface area contributed by atoms with Gasteiger partial charge in [-0.3, -0.25) is 0 Å². The first-order valence-corrected chi connectivity index (χ1v) is 5.35. The summed E-state index contributed by atoms with van der Waals surface area (Å²) in [6, 6.07) is 0. The van der Waals surface area contributed by atoms with Gasteiger partial charge in [0.15, 0.2) is 0 Å². The maximum absolute atomic E-state index is 2.40. The summed E-state index contributed by atoms with van der Waals surface area (Å²) in [5.41, 5.74) is 0. The third-order valence-corrected chi connectivity index (χ3v) is 4.11. The van der Waals surface area contributed by atoms with Crippen LogP contribution in [0.1, 0.15) is 53.3 Å². The van der Waals surface area contributed by atoms with E-state index in [0.717, 1.165) is 11.1 Å². The summed E-state index contributed by atoms with van der Waals surface area (Å²) in [5, 5.41) is 0.821. The second-order valence-corrected chi connectivity index (χ2v) is 4.71. The predicted octanol–water partition coefficient (Wildman–Crippen LogP) is 3.39. The van der Waals surface area contributed by atoms with E-state index in [0.29, 0.717) is 0 Å². The number of hydrogen-bond donors (Lipinski definition) is 0. The first-order chi connectivity index (χ1) is 5.35. The van der Waals surface area contributed by atoms with Gasteiger partial charge in [0.05, 0.1) is 0 Å². The molecule has 0 saturated carbocycles. The van der Waals surface area contributed by atoms with Gasteiger partial charge in [-0.05, 0) is 0 Å². The minimum atomic E-state index is 0. The molecule has 11 heavy (non-hydrogen) atoms. The summed E-state index contributed by atoms with van der Waals surface area (Å²) >= 11 is 0. The van der Waals surface area contributed by atoms with Gasteiger partial charge >= 0.3 is 0 Å². The fraction of sp³-hybridized carbons (Fsp3) is 1.00. The lowest BCUT2D eigenvalue weighted by molar-refractivity contribution is 0.341. The van der Waals surface area contributed by atoms with Crippen LogP contribution in [0.5, 0.6) is 0 Å². The molecule has 0 unspecified atom stereocenters. The van der Waals surface area contributed by atoms with Gasteiger partial charge in [0, 0.05) is 1.43 Å². The van der Waals surface area contributed by atoms with E-state index in [1.165, 1.54) is 19.3 Å². The quantitative estimate of drug-likeness (QED) is 0.505. The van der Waals surface area contributed by atoms with Gasteiger partial charge in [-0.1, -0.05) is 63.0 Å². The highest BCUT2D eigenvalue weighted by atomic mass is 14.3. The average Bonchev–Trinajstić information content (AvgIpc) is 2.05. The standard InChI is InChI=1S/C10H19B.H2/c1-2-10-7-3-5-9(11-10)6-4-8-10;/h9,11H,2-8H2,1H3;1H. The van der Waals surface area contributed by atoms with Crippen LogP contribution >= 0.6 is 0 Å². The number of fused-ring (bicyclic) bond motifs is 2. The van der Waals surface area contributed by atoms with Crippen molar-refractivity contribution in [3.05, 3.63) is 0 Å². The molecule has 0 aromatic heterocycles. The summed E-state index contributed by atoms with van der Waals surface area (Å²) in [4.78, 5) is 0. The van der Waals surface area contributed by atoms with Crippen LogP contribution in [0.25, 0.3) is 0 Å². The largest absolute Gasteiger partial charge is 0.131 e. The molecular formula is C10H21B. The second kappa shape index (κ2) is 2.84. The van der Waals surface area contributed by atoms with Gasteiger partial charge < -0.3 is 0 Å². The van der Waals surface area contributed by atoms with Crippen LogP contribution in [-0.4, -0.2) is 7.28 Å². The van der Waals surface area contributed by atoms with Gasteiger partial charge in [0.1, 0.15) is 7.28 Å². The van der Waals surface area contributed by atoms with E-state index in [1.807, 2.05) is 0 Å². The molecular weight excluding hydrogens is 131 g/mol. The molecule has 0 radical (unpaired) electrons. The van der Waals surface area contributed by atoms with Crippen LogP contribution in [-0.2, 0) is 0 Å². The molecule has 2 heterocycles. The zero-order valence-corrected chi connectivity index (χ0v) is 7.73. The smallest absolute Gasteiger partial charge is 0.0655 e. The van der Waals surface area contributed by atoms with Crippen LogP contribution in [0.4, 0.5) is 0 Å². The summed E-state index contributed by atoms with van der Waals surface area (Å²) in [6.07, 6.45) is 10.7. The second-order valence-electron chi connectivity index (χ2n) is 4.71. The van der Waals surface area contributed by atoms with Gasteiger partial charge in [0.2, 0.25) is 0 Å². The number of hydrogen-bond acceptors (Lipinski definition) is 0. The molecule has 2 bridgehead atoms. The molecule has 2 rings (SSSR count). The molecule has 0 aromatic carbocycles. The van der Waals surface area contributed by atoms with Crippen LogP contribution in [0.15, 0.2) is 0 Å². The summed E-state index contributed by atoms with van der Waals surface area (Å²) in [7, 11) is 1.57. The molecule has 2 aliphatic heterocycles. The van der Waals surface area contributed by atoms with E-state index in [9.17, 15) is 0 Å². The summed E-state index contributed by atoms with van der Waals surface area (Å²) < 4.78 is 0. The normalized spacial score (nSPS) is 43.2. The Labute approximate surface area is 72.5 Å². The molecule has 64 valence electrons. The van der Waals surface area contributed by atoms with E-state index in [-0.39, 0.29) is 1.43 Å². The highest BCUT2D eigenvalue weighted by Crippen LogP contribution is 2.53. The maximum atomic E-state index is 2.40. The lowest BCUT2D eigenvalue weighted by atomic mass is 9.35. The van der Waals surface area contributed by atoms with Crippen molar-refractivity contribution in [2.75, 3.05) is 0 Å². The van der Waals surface area contributed by atoms with Crippen LogP contribution < -0.4 is 0 Å². The van der Waals surface area contributed by atoms with E-state index >= 15 is 0 Å². The van der Waals surface area contributed by atoms with Crippen molar-refractivity contribution in [2.45, 2.75) is 63.0 Å². The van der Waals surface area contributed by atoms with Crippen molar-refractivity contribution < 1.29 is 1.43 Å². The predicted molar refractivity (Wildman–Crippen MR) is 53.7 cm³/mol. The van der Waals surface area contributed by atoms with Crippen LogP contribution in [0.3, 0.4) is 0 Å². The fourth-order valence-electron chi connectivity index (χ4n) is 3.32. The van der Waals surface area contributed by atoms with Crippen LogP contribution in [0.2, 0.25) is 11.1 Å². The molecule has 0 amide bonds. The lowest BCUT2D eigenvalue weighted by Gasteiger charge is -2.44. The Morgan fingerprint density at radius 2 is 2.00 bits per heavy atom. The first kappa shape index (κ1) is 7.70. The molecule has 0 nitrogen and oxygen atoms in total. The molecule has 0 aromatic rings. The molecule has 2 fully saturated rings.